The van der Waals surface area contributed by atoms with Gasteiger partial charge in [-0.15, -0.1) is 0 Å². The molecule has 0 aromatic rings. The first kappa shape index (κ1) is 40.8. The monoisotopic (exact) mass is 754 g/mol. The Morgan fingerprint density at radius 2 is 0.585 bits per heavy atom. The normalized spacial score (nSPS) is 26.8. The molecule has 0 bridgehead atoms. The van der Waals surface area contributed by atoms with Gasteiger partial charge in [-0.2, -0.15) is 0 Å². The van der Waals surface area contributed by atoms with Crippen molar-refractivity contribution in [3.05, 3.63) is 0 Å². The van der Waals surface area contributed by atoms with E-state index < -0.39 is 98.6 Å². The fraction of sp³-hybridized carbons (Fsp3) is 1.00. The lowest BCUT2D eigenvalue weighted by molar-refractivity contribution is 0.324. The molecule has 0 amide bonds. The second-order valence-electron chi connectivity index (χ2n) is 10.9. The van der Waals surface area contributed by atoms with Crippen LogP contribution in [0.1, 0.15) is 122 Å². The third-order valence-electron chi connectivity index (χ3n) is 7.05. The maximum atomic E-state index is 6.30. The molecule has 1 rings (SSSR count). The van der Waals surface area contributed by atoms with Crippen LogP contribution in [0.3, 0.4) is 0 Å². The zero-order valence-electron chi connectivity index (χ0n) is 26.4. The number of hydrogen-bond donors (Lipinski definition) is 0. The van der Waals surface area contributed by atoms with Gasteiger partial charge in [-0.25, -0.2) is 0 Å². The van der Waals surface area contributed by atoms with Crippen molar-refractivity contribution in [2.75, 3.05) is 0 Å². The molecule has 0 unspecified atom stereocenters. The summed E-state index contributed by atoms with van der Waals surface area (Å²) >= 11 is 0. The minimum absolute atomic E-state index is 0.962. The minimum atomic E-state index is -2.26. The Morgan fingerprint density at radius 3 is 0.878 bits per heavy atom. The summed E-state index contributed by atoms with van der Waals surface area (Å²) in [6, 6.07) is 1.01. The van der Waals surface area contributed by atoms with E-state index in [0.717, 1.165) is 12.5 Å². The Hall–Kier alpha value is 1.77. The molecule has 0 atom stereocenters. The van der Waals surface area contributed by atoms with Crippen LogP contribution in [0.25, 0.3) is 0 Å². The highest BCUT2D eigenvalue weighted by molar-refractivity contribution is 6.74. The summed E-state index contributed by atoms with van der Waals surface area (Å²) in [5, 5.41) is 0. The molecule has 41 heavy (non-hydrogen) atoms. The molecule has 20 heteroatoms. The summed E-state index contributed by atoms with van der Waals surface area (Å²) in [7, 11) is -11.4. The second-order valence-corrected chi connectivity index (χ2v) is 31.1. The van der Waals surface area contributed by atoms with E-state index in [1.807, 2.05) is 0 Å². The first-order valence-electron chi connectivity index (χ1n) is 16.2. The third kappa shape index (κ3) is 30.2. The SMILES string of the molecule is CCCCCCCCCCCCCCCCCCCC[Si]1(C)O[SiH2]O[SiH2]O[SiH2]O[SiH2]O[SiH2]O[SiH2]O[SiH2]O[SiH2]O[SiH2]O1. The van der Waals surface area contributed by atoms with Crippen LogP contribution in [0, 0.1) is 0 Å². The first-order valence-corrected chi connectivity index (χ1v) is 29.1. The zero-order valence-corrected chi connectivity index (χ0v) is 40.1. The maximum absolute atomic E-state index is 6.30. The largest absolute Gasteiger partial charge is 0.425 e. The molecular formula is C21H62O10Si10. The van der Waals surface area contributed by atoms with Crippen molar-refractivity contribution in [1.29, 1.82) is 0 Å². The van der Waals surface area contributed by atoms with Crippen molar-refractivity contribution < 1.29 is 41.2 Å². The summed E-state index contributed by atoms with van der Waals surface area (Å²) in [5.41, 5.74) is 0. The Morgan fingerprint density at radius 1 is 0.341 bits per heavy atom. The smallest absolute Gasteiger partial charge is 0.316 e. The minimum Gasteiger partial charge on any atom is -0.425 e. The van der Waals surface area contributed by atoms with Crippen LogP contribution < -0.4 is 0 Å². The summed E-state index contributed by atoms with van der Waals surface area (Å²) in [5.74, 6) is 0. The van der Waals surface area contributed by atoms with E-state index in [0.29, 0.717) is 0 Å². The van der Waals surface area contributed by atoms with Gasteiger partial charge in [-0.1, -0.05) is 122 Å². The Labute approximate surface area is 273 Å². The summed E-state index contributed by atoms with van der Waals surface area (Å²) in [4.78, 5) is 0. The molecular weight excluding hydrogens is 693 g/mol. The lowest BCUT2D eigenvalue weighted by Gasteiger charge is -2.28. The lowest BCUT2D eigenvalue weighted by atomic mass is 10.0. The van der Waals surface area contributed by atoms with Crippen LogP contribution >= 0.6 is 0 Å². The van der Waals surface area contributed by atoms with E-state index in [1.54, 1.807) is 0 Å². The van der Waals surface area contributed by atoms with Crippen LogP contribution in [-0.4, -0.2) is 98.6 Å². The highest BCUT2D eigenvalue weighted by Crippen LogP contribution is 2.19. The molecule has 246 valence electrons. The quantitative estimate of drug-likeness (QED) is 0.124. The predicted molar refractivity (Wildman–Crippen MR) is 193 cm³/mol. The Bertz CT molecular complexity index is 519. The van der Waals surface area contributed by atoms with Crippen LogP contribution in [-0.2, 0) is 41.2 Å². The maximum Gasteiger partial charge on any atom is 0.316 e. The fourth-order valence-electron chi connectivity index (χ4n) is 4.55. The van der Waals surface area contributed by atoms with Crippen molar-refractivity contribution in [3.8, 4) is 0 Å². The van der Waals surface area contributed by atoms with Crippen LogP contribution in [0.4, 0.5) is 0 Å². The van der Waals surface area contributed by atoms with Crippen LogP contribution in [0.2, 0.25) is 12.6 Å². The number of rotatable bonds is 19. The Balaban J connectivity index is 2.06. The van der Waals surface area contributed by atoms with E-state index >= 15 is 0 Å². The van der Waals surface area contributed by atoms with Gasteiger partial charge < -0.3 is 41.2 Å². The molecule has 0 N–H and O–H groups in total. The molecule has 0 spiro atoms. The molecule has 1 fully saturated rings. The molecule has 10 nitrogen and oxygen atoms in total. The predicted octanol–water partition coefficient (Wildman–Crippen LogP) is -0.731. The van der Waals surface area contributed by atoms with E-state index in [2.05, 4.69) is 13.5 Å². The zero-order chi connectivity index (χ0) is 29.4. The third-order valence-corrected chi connectivity index (χ3v) is 24.8. The lowest BCUT2D eigenvalue weighted by Crippen LogP contribution is -2.42. The molecule has 0 aromatic heterocycles. The van der Waals surface area contributed by atoms with Gasteiger partial charge in [-0.3, -0.25) is 0 Å². The van der Waals surface area contributed by atoms with Crippen molar-refractivity contribution in [1.82, 2.24) is 0 Å². The van der Waals surface area contributed by atoms with Crippen LogP contribution in [0.5, 0.6) is 0 Å². The highest BCUT2D eigenvalue weighted by atomic mass is 28.5. The topological polar surface area (TPSA) is 92.3 Å². The van der Waals surface area contributed by atoms with Crippen molar-refractivity contribution in [3.63, 3.8) is 0 Å². The average Bonchev–Trinajstić information content (AvgIpc) is 2.97. The molecule has 1 aliphatic rings. The van der Waals surface area contributed by atoms with Crippen molar-refractivity contribution in [2.45, 2.75) is 135 Å². The molecule has 1 heterocycles. The number of unbranched alkanes of at least 4 members (excludes halogenated alkanes) is 17. The molecule has 0 radical (unpaired) electrons. The average molecular weight is 756 g/mol. The van der Waals surface area contributed by atoms with Gasteiger partial charge in [0, 0.05) is 0 Å². The van der Waals surface area contributed by atoms with Gasteiger partial charge >= 0.3 is 8.56 Å². The standard InChI is InChI=1S/C21H62O10Si10/c1-3-4-5-6-7-8-9-10-11-12-13-14-15-16-17-18-19-20-21-41(2)30-39-28-37-26-35-24-33-22-32-23-34-25-36-27-38-29-40-31-41/h3-21,32-40H2,1-2H3. The summed E-state index contributed by atoms with van der Waals surface area (Å²) in [6.45, 7) is 4.47. The second kappa shape index (κ2) is 33.1. The van der Waals surface area contributed by atoms with E-state index in [9.17, 15) is 0 Å². The van der Waals surface area contributed by atoms with E-state index in [4.69, 9.17) is 41.2 Å². The van der Waals surface area contributed by atoms with Gasteiger partial charge in [0.15, 0.2) is 0 Å². The molecule has 0 saturated carbocycles. The molecule has 1 saturated heterocycles. The van der Waals surface area contributed by atoms with Crippen LogP contribution in [0.15, 0.2) is 0 Å². The fourth-order valence-corrected chi connectivity index (χ4v) is 24.7. The van der Waals surface area contributed by atoms with Gasteiger partial charge in [0.2, 0.25) is 0 Å². The first-order chi connectivity index (χ1) is 20.3. The summed E-state index contributed by atoms with van der Waals surface area (Å²) in [6.07, 6.45) is 25.0. The van der Waals surface area contributed by atoms with Gasteiger partial charge in [0.25, 0.3) is 90.1 Å². The van der Waals surface area contributed by atoms with Crippen molar-refractivity contribution in [2.24, 2.45) is 0 Å². The molecule has 1 aliphatic heterocycles. The summed E-state index contributed by atoms with van der Waals surface area (Å²) < 4.78 is 57.6. The van der Waals surface area contributed by atoms with E-state index in [-0.39, 0.29) is 0 Å². The van der Waals surface area contributed by atoms with Gasteiger partial charge in [-0.05, 0) is 12.6 Å². The molecule has 0 aliphatic carbocycles. The van der Waals surface area contributed by atoms with E-state index in [1.165, 1.54) is 109 Å². The molecule has 0 aromatic carbocycles. The number of hydrogen-bond acceptors (Lipinski definition) is 10. The Kier molecular flexibility index (Phi) is 33.0. The van der Waals surface area contributed by atoms with Crippen molar-refractivity contribution >= 4 is 98.6 Å². The van der Waals surface area contributed by atoms with Gasteiger partial charge in [0.1, 0.15) is 0 Å². The van der Waals surface area contributed by atoms with Gasteiger partial charge in [0.05, 0.1) is 0 Å². The highest BCUT2D eigenvalue weighted by Gasteiger charge is 2.30.